The van der Waals surface area contributed by atoms with E-state index < -0.39 is 0 Å². The molecule has 33 heavy (non-hydrogen) atoms. The van der Waals surface area contributed by atoms with Crippen LogP contribution in [0, 0.1) is 6.92 Å². The van der Waals surface area contributed by atoms with E-state index in [4.69, 9.17) is 14.5 Å². The van der Waals surface area contributed by atoms with Gasteiger partial charge in [0.2, 0.25) is 0 Å². The Labute approximate surface area is 214 Å². The fraction of sp³-hybridized carbons (Fsp3) is 0.625. The largest absolute Gasteiger partial charge is 0.497 e. The van der Waals surface area contributed by atoms with E-state index in [-0.39, 0.29) is 29.6 Å². The molecule has 2 N–H and O–H groups in total. The number of nitrogens with one attached hydrogen (secondary N) is 2. The summed E-state index contributed by atoms with van der Waals surface area (Å²) in [5.74, 6) is 3.46. The molecule has 1 aromatic carbocycles. The van der Waals surface area contributed by atoms with Crippen LogP contribution in [0.2, 0.25) is 0 Å². The molecule has 2 fully saturated rings. The molecule has 1 aliphatic heterocycles. The van der Waals surface area contributed by atoms with Gasteiger partial charge in [-0.25, -0.2) is 4.99 Å². The van der Waals surface area contributed by atoms with Gasteiger partial charge >= 0.3 is 0 Å². The summed E-state index contributed by atoms with van der Waals surface area (Å²) in [6.07, 6.45) is 7.88. The third-order valence-electron chi connectivity index (χ3n) is 6.78. The van der Waals surface area contributed by atoms with E-state index >= 15 is 0 Å². The van der Waals surface area contributed by atoms with Gasteiger partial charge in [-0.1, -0.05) is 25.0 Å². The van der Waals surface area contributed by atoms with Crippen molar-refractivity contribution in [1.29, 1.82) is 0 Å². The number of aliphatic imine (C=N–C) groups is 1. The quantitative estimate of drug-likeness (QED) is 0.302. The molecule has 8 nitrogen and oxygen atoms in total. The van der Waals surface area contributed by atoms with Crippen LogP contribution < -0.4 is 15.4 Å². The van der Waals surface area contributed by atoms with Crippen molar-refractivity contribution >= 4 is 29.9 Å². The Balaban J connectivity index is 0.00000306. The number of aromatic nitrogens is 3. The SMILES string of the molecule is COc1ccc(CCNC(=NCc2nnc(C)n2C)NC2CCOC3(CCCC3)C2)cc1.I. The molecule has 0 radical (unpaired) electrons. The highest BCUT2D eigenvalue weighted by Crippen LogP contribution is 2.39. The number of benzene rings is 1. The van der Waals surface area contributed by atoms with E-state index in [0.29, 0.717) is 12.6 Å². The van der Waals surface area contributed by atoms with Crippen molar-refractivity contribution in [3.8, 4) is 5.75 Å². The maximum absolute atomic E-state index is 6.21. The second kappa shape index (κ2) is 12.0. The Morgan fingerprint density at radius 2 is 2.00 bits per heavy atom. The minimum Gasteiger partial charge on any atom is -0.497 e. The zero-order valence-electron chi connectivity index (χ0n) is 20.0. The highest BCUT2D eigenvalue weighted by atomic mass is 127. The van der Waals surface area contributed by atoms with E-state index in [1.54, 1.807) is 7.11 Å². The van der Waals surface area contributed by atoms with Crippen LogP contribution in [0.3, 0.4) is 0 Å². The van der Waals surface area contributed by atoms with Crippen molar-refractivity contribution < 1.29 is 9.47 Å². The van der Waals surface area contributed by atoms with Crippen molar-refractivity contribution in [3.05, 3.63) is 41.5 Å². The summed E-state index contributed by atoms with van der Waals surface area (Å²) < 4.78 is 13.5. The number of hydrogen-bond donors (Lipinski definition) is 2. The van der Waals surface area contributed by atoms with Gasteiger partial charge in [-0.15, -0.1) is 34.2 Å². The van der Waals surface area contributed by atoms with Crippen molar-refractivity contribution in [2.75, 3.05) is 20.3 Å². The second-order valence-electron chi connectivity index (χ2n) is 8.98. The monoisotopic (exact) mass is 568 g/mol. The van der Waals surface area contributed by atoms with Gasteiger partial charge in [-0.05, 0) is 56.7 Å². The number of nitrogens with zero attached hydrogens (tertiary/aromatic N) is 4. The molecule has 2 heterocycles. The van der Waals surface area contributed by atoms with Gasteiger partial charge in [-0.3, -0.25) is 0 Å². The summed E-state index contributed by atoms with van der Waals surface area (Å²) in [4.78, 5) is 4.85. The molecule has 1 atom stereocenters. The molecule has 1 aromatic heterocycles. The number of ether oxygens (including phenoxy) is 2. The normalized spacial score (nSPS) is 19.8. The molecule has 1 saturated carbocycles. The van der Waals surface area contributed by atoms with Crippen LogP contribution in [0.4, 0.5) is 0 Å². The molecule has 2 aromatic rings. The van der Waals surface area contributed by atoms with Gasteiger partial charge in [-0.2, -0.15) is 0 Å². The van der Waals surface area contributed by atoms with Gasteiger partial charge < -0.3 is 24.7 Å². The molecule has 1 spiro atoms. The van der Waals surface area contributed by atoms with E-state index in [1.807, 2.05) is 30.7 Å². The fourth-order valence-corrected chi connectivity index (χ4v) is 4.72. The van der Waals surface area contributed by atoms with Crippen LogP contribution in [0.5, 0.6) is 5.75 Å². The van der Waals surface area contributed by atoms with Crippen molar-refractivity contribution in [1.82, 2.24) is 25.4 Å². The van der Waals surface area contributed by atoms with Gasteiger partial charge in [0, 0.05) is 26.2 Å². The third-order valence-corrected chi connectivity index (χ3v) is 6.78. The number of methoxy groups -OCH3 is 1. The minimum absolute atomic E-state index is 0. The Morgan fingerprint density at radius 1 is 1.24 bits per heavy atom. The van der Waals surface area contributed by atoms with Crippen molar-refractivity contribution in [3.63, 3.8) is 0 Å². The van der Waals surface area contributed by atoms with Crippen LogP contribution >= 0.6 is 24.0 Å². The average molecular weight is 569 g/mol. The van der Waals surface area contributed by atoms with Gasteiger partial charge in [0.1, 0.15) is 18.1 Å². The van der Waals surface area contributed by atoms with Gasteiger partial charge in [0.15, 0.2) is 11.8 Å². The Kier molecular flexibility index (Phi) is 9.37. The summed E-state index contributed by atoms with van der Waals surface area (Å²) in [7, 11) is 3.67. The summed E-state index contributed by atoms with van der Waals surface area (Å²) in [5, 5.41) is 15.6. The zero-order chi connectivity index (χ0) is 22.4. The first-order chi connectivity index (χ1) is 15.6. The maximum atomic E-state index is 6.21. The third kappa shape index (κ3) is 6.81. The summed E-state index contributed by atoms with van der Waals surface area (Å²) in [6, 6.07) is 8.59. The second-order valence-corrected chi connectivity index (χ2v) is 8.98. The lowest BCUT2D eigenvalue weighted by Crippen LogP contribution is -2.51. The predicted molar refractivity (Wildman–Crippen MR) is 140 cm³/mol. The number of halogens is 1. The molecular weight excluding hydrogens is 531 g/mol. The lowest BCUT2D eigenvalue weighted by Gasteiger charge is -2.39. The molecule has 182 valence electrons. The first-order valence-electron chi connectivity index (χ1n) is 11.7. The number of rotatable bonds is 7. The van der Waals surface area contributed by atoms with Crippen molar-refractivity contribution in [2.24, 2.45) is 12.0 Å². The van der Waals surface area contributed by atoms with Crippen LogP contribution in [0.25, 0.3) is 0 Å². The molecule has 1 aliphatic carbocycles. The first-order valence-corrected chi connectivity index (χ1v) is 11.7. The molecule has 0 bridgehead atoms. The highest BCUT2D eigenvalue weighted by molar-refractivity contribution is 14.0. The topological polar surface area (TPSA) is 85.6 Å². The Hall–Kier alpha value is -1.88. The summed E-state index contributed by atoms with van der Waals surface area (Å²) >= 11 is 0. The predicted octanol–water partition coefficient (Wildman–Crippen LogP) is 3.52. The summed E-state index contributed by atoms with van der Waals surface area (Å²) in [6.45, 7) is 4.06. The zero-order valence-corrected chi connectivity index (χ0v) is 22.3. The van der Waals surface area contributed by atoms with E-state index in [0.717, 1.165) is 55.8 Å². The fourth-order valence-electron chi connectivity index (χ4n) is 4.72. The Morgan fingerprint density at radius 3 is 2.67 bits per heavy atom. The minimum atomic E-state index is 0. The van der Waals surface area contributed by atoms with Gasteiger partial charge in [0.25, 0.3) is 0 Å². The van der Waals surface area contributed by atoms with Crippen LogP contribution in [-0.4, -0.2) is 52.6 Å². The van der Waals surface area contributed by atoms with Gasteiger partial charge in [0.05, 0.1) is 12.7 Å². The van der Waals surface area contributed by atoms with E-state index in [1.165, 1.54) is 31.2 Å². The number of guanidine groups is 1. The Bertz CT molecular complexity index is 908. The van der Waals surface area contributed by atoms with Crippen LogP contribution in [0.15, 0.2) is 29.3 Å². The standard InChI is InChI=1S/C24H36N6O2.HI/c1-18-28-29-22(30(18)2)17-26-23(25-14-10-19-6-8-21(31-3)9-7-19)27-20-11-15-32-24(16-20)12-4-5-13-24;/h6-9,20H,4-5,10-17H2,1-3H3,(H2,25,26,27);1H. The van der Waals surface area contributed by atoms with Crippen LogP contribution in [0.1, 0.15) is 55.7 Å². The molecule has 2 aliphatic rings. The average Bonchev–Trinajstić information content (AvgIpc) is 3.38. The lowest BCUT2D eigenvalue weighted by molar-refractivity contribution is -0.0815. The maximum Gasteiger partial charge on any atom is 0.191 e. The van der Waals surface area contributed by atoms with Crippen molar-refractivity contribution in [2.45, 2.75) is 70.1 Å². The molecule has 4 rings (SSSR count). The first kappa shape index (κ1) is 25.7. The van der Waals surface area contributed by atoms with E-state index in [9.17, 15) is 0 Å². The lowest BCUT2D eigenvalue weighted by atomic mass is 9.89. The van der Waals surface area contributed by atoms with Crippen LogP contribution in [-0.2, 0) is 24.8 Å². The molecule has 1 saturated heterocycles. The molecular formula is C24H37IN6O2. The van der Waals surface area contributed by atoms with E-state index in [2.05, 4.69) is 33.0 Å². The molecule has 0 amide bonds. The summed E-state index contributed by atoms with van der Waals surface area (Å²) in [5.41, 5.74) is 1.34. The smallest absolute Gasteiger partial charge is 0.191 e. The highest BCUT2D eigenvalue weighted by Gasteiger charge is 2.40. The number of hydrogen-bond acceptors (Lipinski definition) is 5. The molecule has 1 unspecified atom stereocenters. The molecule has 9 heteroatoms. The number of aryl methyl sites for hydroxylation is 1.